The Labute approximate surface area is 394 Å². The van der Waals surface area contributed by atoms with Gasteiger partial charge in [0.1, 0.15) is 24.4 Å². The molecule has 0 radical (unpaired) electrons. The lowest BCUT2D eigenvalue weighted by molar-refractivity contribution is -0.265. The average Bonchev–Trinajstić information content (AvgIpc) is 3.30. The predicted octanol–water partition coefficient (Wildman–Crippen LogP) is 6.63. The van der Waals surface area contributed by atoms with Gasteiger partial charge in [-0.1, -0.05) is 71.1 Å². The summed E-state index contributed by atoms with van der Waals surface area (Å²) >= 11 is 0. The van der Waals surface area contributed by atoms with Gasteiger partial charge in [-0.3, -0.25) is 14.4 Å². The van der Waals surface area contributed by atoms with Crippen LogP contribution in [0.15, 0.2) is 47.6 Å². The molecule has 0 aromatic rings. The van der Waals surface area contributed by atoms with Crippen molar-refractivity contribution in [2.75, 3.05) is 35.0 Å². The van der Waals surface area contributed by atoms with Gasteiger partial charge in [0.25, 0.3) is 11.7 Å². The summed E-state index contributed by atoms with van der Waals surface area (Å²) in [7, 11) is 6.35. The molecule has 0 aromatic heterocycles. The van der Waals surface area contributed by atoms with E-state index in [-0.39, 0.29) is 55.1 Å². The van der Waals surface area contributed by atoms with E-state index in [0.29, 0.717) is 50.5 Å². The Morgan fingerprint density at radius 2 is 1.52 bits per heavy atom. The lowest BCUT2D eigenvalue weighted by Gasteiger charge is -2.43. The standard InChI is InChI=1S/C52H83NO13/c1-31-17-13-12-14-18-32(2)43(62-9)29-39-22-20-37(7)52(60,66-39)49(57)50(58)53-24-16-15-19-40(53)51(59)65-44(34(4)27-38-21-23-42(61-8)45(28-38)63-10)30-41(54)33(3)26-36(6)47(56)48(64-11)46(55)35(5)25-31/h12-14,17-18,26,31,33-35,37-45,47-48,54,56,60H,15-16,19-25,27-30H2,1-11H3/b14-12+,17-13+,32-18+,36-26+. The number of fused-ring (bicyclic) bond motifs is 3. The number of amides is 1. The van der Waals surface area contributed by atoms with Crippen molar-refractivity contribution < 1.29 is 62.9 Å². The second-order valence-corrected chi connectivity index (χ2v) is 20.0. The third kappa shape index (κ3) is 14.5. The Hall–Kier alpha value is -3.08. The van der Waals surface area contributed by atoms with Crippen molar-refractivity contribution in [2.45, 2.75) is 186 Å². The first kappa shape index (κ1) is 55.5. The summed E-state index contributed by atoms with van der Waals surface area (Å²) in [6.07, 6.45) is 12.4. The molecular formula is C52H83NO13. The molecular weight excluding hydrogens is 847 g/mol. The van der Waals surface area contributed by atoms with Crippen LogP contribution in [0.2, 0.25) is 0 Å². The van der Waals surface area contributed by atoms with Crippen LogP contribution < -0.4 is 0 Å². The number of aliphatic hydroxyl groups is 3. The van der Waals surface area contributed by atoms with E-state index in [2.05, 4.69) is 0 Å². The number of methoxy groups -OCH3 is 4. The molecule has 2 bridgehead atoms. The van der Waals surface area contributed by atoms with Crippen LogP contribution >= 0.6 is 0 Å². The maximum atomic E-state index is 14.4. The fourth-order valence-corrected chi connectivity index (χ4v) is 10.5. The number of aliphatic hydroxyl groups excluding tert-OH is 2. The molecule has 1 amide bonds. The molecule has 16 atom stereocenters. The molecule has 374 valence electrons. The van der Waals surface area contributed by atoms with Crippen molar-refractivity contribution in [2.24, 2.45) is 35.5 Å². The van der Waals surface area contributed by atoms with Crippen LogP contribution in [0.5, 0.6) is 0 Å². The predicted molar refractivity (Wildman–Crippen MR) is 251 cm³/mol. The number of carbonyl (C=O) groups excluding carboxylic acids is 4. The summed E-state index contributed by atoms with van der Waals surface area (Å²) in [5, 5.41) is 35.3. The number of hydrogen-bond donors (Lipinski definition) is 3. The van der Waals surface area contributed by atoms with E-state index < -0.39 is 83.9 Å². The van der Waals surface area contributed by atoms with Gasteiger partial charge in [-0.05, 0) is 107 Å². The van der Waals surface area contributed by atoms with Crippen LogP contribution in [0, 0.1) is 35.5 Å². The number of cyclic esters (lactones) is 1. The van der Waals surface area contributed by atoms with Gasteiger partial charge in [0.2, 0.25) is 5.79 Å². The Bertz CT molecular complexity index is 1730. The maximum absolute atomic E-state index is 14.4. The molecule has 2 saturated heterocycles. The Morgan fingerprint density at radius 1 is 0.803 bits per heavy atom. The maximum Gasteiger partial charge on any atom is 0.329 e. The molecule has 3 fully saturated rings. The van der Waals surface area contributed by atoms with Crippen molar-refractivity contribution in [1.82, 2.24) is 4.90 Å². The van der Waals surface area contributed by atoms with Crippen molar-refractivity contribution in [3.63, 3.8) is 0 Å². The minimum absolute atomic E-state index is 0.0191. The van der Waals surface area contributed by atoms with Gasteiger partial charge < -0.3 is 48.6 Å². The number of rotatable bonds is 7. The number of allylic oxidation sites excluding steroid dienone is 5. The zero-order chi connectivity index (χ0) is 48.9. The quantitative estimate of drug-likeness (QED) is 0.141. The smallest absolute Gasteiger partial charge is 0.329 e. The number of carbonyl (C=O) groups is 4. The van der Waals surface area contributed by atoms with Crippen LogP contribution in [0.25, 0.3) is 0 Å². The monoisotopic (exact) mass is 930 g/mol. The van der Waals surface area contributed by atoms with Gasteiger partial charge in [0, 0.05) is 65.6 Å². The molecule has 0 aromatic carbocycles. The second kappa shape index (κ2) is 26.1. The molecule has 14 heteroatoms. The van der Waals surface area contributed by atoms with E-state index in [0.717, 1.165) is 24.8 Å². The summed E-state index contributed by atoms with van der Waals surface area (Å²) in [6, 6.07) is -1.09. The van der Waals surface area contributed by atoms with Crippen LogP contribution in [-0.2, 0) is 47.6 Å². The van der Waals surface area contributed by atoms with Gasteiger partial charge in [-0.2, -0.15) is 0 Å². The number of ether oxygens (including phenoxy) is 6. The van der Waals surface area contributed by atoms with Crippen LogP contribution in [0.1, 0.15) is 126 Å². The third-order valence-corrected chi connectivity index (χ3v) is 14.9. The number of ketones is 2. The normalized spacial score (nSPS) is 41.1. The lowest BCUT2D eigenvalue weighted by Crippen LogP contribution is -2.61. The summed E-state index contributed by atoms with van der Waals surface area (Å²) in [5.74, 6) is -7.04. The van der Waals surface area contributed by atoms with Crippen molar-refractivity contribution >= 4 is 23.4 Å². The highest BCUT2D eigenvalue weighted by molar-refractivity contribution is 6.39. The van der Waals surface area contributed by atoms with Gasteiger partial charge in [0.15, 0.2) is 5.78 Å². The SMILES string of the molecule is COC1CC2CCC(C)C(O)(O2)C(=O)C(=O)N2CCCCC2C(=O)OC(C(C)CC2CCC(OC)C(OC)C2)CC(O)C(C)/C=C(\C)C(O)C(OC)C(=O)C(C)CC(C)/C=C/C=C/C=C/1C. The number of hydrogen-bond acceptors (Lipinski definition) is 13. The molecule has 16 unspecified atom stereocenters. The van der Waals surface area contributed by atoms with Gasteiger partial charge >= 0.3 is 5.97 Å². The molecule has 0 spiro atoms. The van der Waals surface area contributed by atoms with E-state index in [1.807, 2.05) is 58.1 Å². The van der Waals surface area contributed by atoms with Crippen molar-refractivity contribution in [3.05, 3.63) is 47.6 Å². The Kier molecular flexibility index (Phi) is 21.9. The van der Waals surface area contributed by atoms with Crippen LogP contribution in [-0.4, -0.2) is 139 Å². The Morgan fingerprint density at radius 3 is 2.18 bits per heavy atom. The zero-order valence-electron chi connectivity index (χ0n) is 41.7. The van der Waals surface area contributed by atoms with Gasteiger partial charge in [0.05, 0.1) is 30.5 Å². The fraction of sp³-hybridized carbons (Fsp3) is 0.769. The molecule has 4 rings (SSSR count). The highest BCUT2D eigenvalue weighted by Gasteiger charge is 2.53. The molecule has 3 heterocycles. The van der Waals surface area contributed by atoms with E-state index in [9.17, 15) is 34.5 Å². The molecule has 1 aliphatic carbocycles. The van der Waals surface area contributed by atoms with Crippen molar-refractivity contribution in [3.8, 4) is 0 Å². The molecule has 14 nitrogen and oxygen atoms in total. The number of nitrogens with zero attached hydrogens (tertiary/aromatic N) is 1. The summed E-state index contributed by atoms with van der Waals surface area (Å²) in [6.45, 7) is 13.1. The molecule has 3 aliphatic heterocycles. The Balaban J connectivity index is 1.70. The fourth-order valence-electron chi connectivity index (χ4n) is 10.5. The minimum atomic E-state index is -2.41. The van der Waals surface area contributed by atoms with E-state index >= 15 is 0 Å². The molecule has 4 aliphatic rings. The van der Waals surface area contributed by atoms with E-state index in [4.69, 9.17) is 28.4 Å². The van der Waals surface area contributed by atoms with Crippen LogP contribution in [0.3, 0.4) is 0 Å². The molecule has 1 saturated carbocycles. The first-order chi connectivity index (χ1) is 31.3. The van der Waals surface area contributed by atoms with E-state index in [1.54, 1.807) is 48.2 Å². The molecule has 66 heavy (non-hydrogen) atoms. The zero-order valence-corrected chi connectivity index (χ0v) is 41.7. The summed E-state index contributed by atoms with van der Waals surface area (Å²) < 4.78 is 35.5. The van der Waals surface area contributed by atoms with Gasteiger partial charge in [-0.25, -0.2) is 4.79 Å². The van der Waals surface area contributed by atoms with Crippen molar-refractivity contribution in [1.29, 1.82) is 0 Å². The molecule has 3 N–H and O–H groups in total. The number of esters is 1. The third-order valence-electron chi connectivity index (χ3n) is 14.9. The first-order valence-electron chi connectivity index (χ1n) is 24.5. The minimum Gasteiger partial charge on any atom is -0.460 e. The highest BCUT2D eigenvalue weighted by atomic mass is 16.6. The van der Waals surface area contributed by atoms with E-state index in [1.165, 1.54) is 12.0 Å². The van der Waals surface area contributed by atoms with Gasteiger partial charge in [-0.15, -0.1) is 0 Å². The summed E-state index contributed by atoms with van der Waals surface area (Å²) in [4.78, 5) is 57.9. The first-order valence-corrected chi connectivity index (χ1v) is 24.5. The number of piperidine rings is 1. The average molecular weight is 930 g/mol. The highest BCUT2D eigenvalue weighted by Crippen LogP contribution is 2.38. The second-order valence-electron chi connectivity index (χ2n) is 20.0. The largest absolute Gasteiger partial charge is 0.460 e. The topological polar surface area (TPSA) is 188 Å². The van der Waals surface area contributed by atoms with Crippen LogP contribution in [0.4, 0.5) is 0 Å². The number of Topliss-reactive ketones (excluding diaryl/α,β-unsaturated/α-hetero) is 2. The summed E-state index contributed by atoms with van der Waals surface area (Å²) in [5.41, 5.74) is 1.35. The lowest BCUT2D eigenvalue weighted by atomic mass is 9.78.